The molecule has 1 atom stereocenters. The van der Waals surface area contributed by atoms with Gasteiger partial charge in [0.1, 0.15) is 11.7 Å². The Morgan fingerprint density at radius 3 is 2.85 bits per heavy atom. The molecule has 6 heteroatoms. The summed E-state index contributed by atoms with van der Waals surface area (Å²) in [7, 11) is 0. The molecule has 1 amide bonds. The summed E-state index contributed by atoms with van der Waals surface area (Å²) in [5, 5.41) is 16.9. The number of H-pyrrole nitrogens is 1. The molecule has 0 spiro atoms. The number of hydrogen-bond acceptors (Lipinski definition) is 3. The molecule has 0 saturated heterocycles. The van der Waals surface area contributed by atoms with Gasteiger partial charge in [-0.05, 0) is 6.92 Å². The number of nitrogens with zero attached hydrogens (tertiary/aromatic N) is 1. The Bertz CT molecular complexity index is 307. The van der Waals surface area contributed by atoms with E-state index in [-0.39, 0.29) is 0 Å². The predicted molar refractivity (Wildman–Crippen MR) is 44.0 cm³/mol. The lowest BCUT2D eigenvalue weighted by molar-refractivity contribution is -0.144. The van der Waals surface area contributed by atoms with Gasteiger partial charge in [-0.1, -0.05) is 0 Å². The van der Waals surface area contributed by atoms with E-state index in [9.17, 15) is 9.59 Å². The zero-order valence-electron chi connectivity index (χ0n) is 6.94. The third-order valence-corrected chi connectivity index (χ3v) is 1.52. The van der Waals surface area contributed by atoms with Crippen LogP contribution in [0.2, 0.25) is 0 Å². The molecule has 0 fully saturated rings. The van der Waals surface area contributed by atoms with Crippen molar-refractivity contribution in [2.75, 3.05) is 5.32 Å². The lowest BCUT2D eigenvalue weighted by Crippen LogP contribution is -2.26. The van der Waals surface area contributed by atoms with Crippen LogP contribution in [0.3, 0.4) is 0 Å². The van der Waals surface area contributed by atoms with Gasteiger partial charge in [0, 0.05) is 6.07 Å². The van der Waals surface area contributed by atoms with E-state index in [2.05, 4.69) is 15.5 Å². The normalized spacial score (nSPS) is 12.1. The van der Waals surface area contributed by atoms with Gasteiger partial charge in [-0.2, -0.15) is 5.10 Å². The van der Waals surface area contributed by atoms with E-state index in [4.69, 9.17) is 5.11 Å². The van der Waals surface area contributed by atoms with Crippen molar-refractivity contribution >= 4 is 17.7 Å². The summed E-state index contributed by atoms with van der Waals surface area (Å²) in [5.74, 6) is -2.41. The third kappa shape index (κ3) is 2.29. The van der Waals surface area contributed by atoms with Gasteiger partial charge in [-0.3, -0.25) is 14.7 Å². The number of carbonyl (C=O) groups is 2. The van der Waals surface area contributed by atoms with Crippen LogP contribution in [-0.4, -0.2) is 27.2 Å². The van der Waals surface area contributed by atoms with Gasteiger partial charge in [0.2, 0.25) is 5.91 Å². The first-order chi connectivity index (χ1) is 6.11. The van der Waals surface area contributed by atoms with Gasteiger partial charge in [0.15, 0.2) is 0 Å². The molecule has 1 aromatic heterocycles. The quantitative estimate of drug-likeness (QED) is 0.578. The molecule has 0 aromatic carbocycles. The zero-order valence-corrected chi connectivity index (χ0v) is 6.94. The molecule has 3 N–H and O–H groups in total. The fourth-order valence-corrected chi connectivity index (χ4v) is 0.679. The molecule has 0 bridgehead atoms. The lowest BCUT2D eigenvalue weighted by Gasteiger charge is -2.05. The number of aromatic amines is 1. The highest BCUT2D eigenvalue weighted by atomic mass is 16.4. The van der Waals surface area contributed by atoms with Gasteiger partial charge >= 0.3 is 5.97 Å². The Hall–Kier alpha value is -1.85. The van der Waals surface area contributed by atoms with E-state index >= 15 is 0 Å². The van der Waals surface area contributed by atoms with Gasteiger partial charge in [0.05, 0.1) is 6.20 Å². The van der Waals surface area contributed by atoms with E-state index in [1.165, 1.54) is 19.2 Å². The van der Waals surface area contributed by atoms with Crippen LogP contribution in [0.15, 0.2) is 12.3 Å². The van der Waals surface area contributed by atoms with Gasteiger partial charge in [-0.15, -0.1) is 0 Å². The van der Waals surface area contributed by atoms with Crippen molar-refractivity contribution in [3.05, 3.63) is 12.3 Å². The number of nitrogens with one attached hydrogen (secondary N) is 2. The van der Waals surface area contributed by atoms with E-state index < -0.39 is 17.8 Å². The van der Waals surface area contributed by atoms with Crippen molar-refractivity contribution in [3.8, 4) is 0 Å². The predicted octanol–water partition coefficient (Wildman–Crippen LogP) is 0.0689. The molecular weight excluding hydrogens is 174 g/mol. The molecule has 0 aliphatic heterocycles. The van der Waals surface area contributed by atoms with E-state index in [1.54, 1.807) is 0 Å². The van der Waals surface area contributed by atoms with E-state index in [1.807, 2.05) is 0 Å². The van der Waals surface area contributed by atoms with Crippen molar-refractivity contribution in [1.82, 2.24) is 10.2 Å². The van der Waals surface area contributed by atoms with Crippen LogP contribution in [0.1, 0.15) is 6.92 Å². The summed E-state index contributed by atoms with van der Waals surface area (Å²) in [6.45, 7) is 1.31. The molecule has 1 heterocycles. The van der Waals surface area contributed by atoms with Crippen LogP contribution in [0.4, 0.5) is 5.82 Å². The van der Waals surface area contributed by atoms with Gasteiger partial charge < -0.3 is 10.4 Å². The van der Waals surface area contributed by atoms with Crippen molar-refractivity contribution in [2.45, 2.75) is 6.92 Å². The smallest absolute Gasteiger partial charge is 0.315 e. The van der Waals surface area contributed by atoms with E-state index in [0.29, 0.717) is 5.82 Å². The average molecular weight is 183 g/mol. The minimum atomic E-state index is -1.16. The SMILES string of the molecule is CC(C(=O)O)C(=O)Nc1ccn[nH]1. The number of anilines is 1. The number of amides is 1. The van der Waals surface area contributed by atoms with Crippen LogP contribution in [0.5, 0.6) is 0 Å². The first-order valence-corrected chi connectivity index (χ1v) is 3.64. The summed E-state index contributed by atoms with van der Waals surface area (Å²) in [5.41, 5.74) is 0. The number of aromatic nitrogens is 2. The molecule has 6 nitrogen and oxygen atoms in total. The van der Waals surface area contributed by atoms with Crippen molar-refractivity contribution < 1.29 is 14.7 Å². The van der Waals surface area contributed by atoms with Crippen molar-refractivity contribution in [1.29, 1.82) is 0 Å². The van der Waals surface area contributed by atoms with Gasteiger partial charge in [0.25, 0.3) is 0 Å². The number of hydrogen-bond donors (Lipinski definition) is 3. The van der Waals surface area contributed by atoms with Crippen LogP contribution in [0, 0.1) is 5.92 Å². The molecule has 0 radical (unpaired) electrons. The van der Waals surface area contributed by atoms with Crippen molar-refractivity contribution in [3.63, 3.8) is 0 Å². The lowest BCUT2D eigenvalue weighted by atomic mass is 10.2. The Kier molecular flexibility index (Phi) is 2.63. The van der Waals surface area contributed by atoms with E-state index in [0.717, 1.165) is 0 Å². The fraction of sp³-hybridized carbons (Fsp3) is 0.286. The monoisotopic (exact) mass is 183 g/mol. The van der Waals surface area contributed by atoms with Crippen LogP contribution >= 0.6 is 0 Å². The highest BCUT2D eigenvalue weighted by Gasteiger charge is 2.20. The highest BCUT2D eigenvalue weighted by molar-refractivity contribution is 6.03. The minimum absolute atomic E-state index is 0.387. The summed E-state index contributed by atoms with van der Waals surface area (Å²) in [4.78, 5) is 21.5. The van der Waals surface area contributed by atoms with Crippen LogP contribution in [-0.2, 0) is 9.59 Å². The first-order valence-electron chi connectivity index (χ1n) is 3.64. The summed E-state index contributed by atoms with van der Waals surface area (Å²) >= 11 is 0. The molecular formula is C7H9N3O3. The topological polar surface area (TPSA) is 95.1 Å². The number of aliphatic carboxylic acids is 1. The Labute approximate surface area is 74.0 Å². The Morgan fingerprint density at radius 2 is 2.38 bits per heavy atom. The molecule has 0 saturated carbocycles. The van der Waals surface area contributed by atoms with Gasteiger partial charge in [-0.25, -0.2) is 0 Å². The molecule has 13 heavy (non-hydrogen) atoms. The molecule has 0 aliphatic rings. The fourth-order valence-electron chi connectivity index (χ4n) is 0.679. The summed E-state index contributed by atoms with van der Waals surface area (Å²) in [6, 6.07) is 1.53. The van der Waals surface area contributed by atoms with Crippen LogP contribution in [0.25, 0.3) is 0 Å². The number of carboxylic acids is 1. The maximum absolute atomic E-state index is 11.1. The number of carboxylic acid groups (broad SMARTS) is 1. The second-order valence-corrected chi connectivity index (χ2v) is 2.52. The minimum Gasteiger partial charge on any atom is -0.481 e. The second-order valence-electron chi connectivity index (χ2n) is 2.52. The second kappa shape index (κ2) is 3.70. The average Bonchev–Trinajstić information content (AvgIpc) is 2.55. The molecule has 1 aromatic rings. The summed E-state index contributed by atoms with van der Waals surface area (Å²) < 4.78 is 0. The Morgan fingerprint density at radius 1 is 1.69 bits per heavy atom. The number of rotatable bonds is 3. The largest absolute Gasteiger partial charge is 0.481 e. The highest BCUT2D eigenvalue weighted by Crippen LogP contribution is 2.03. The molecule has 70 valence electrons. The Balaban J connectivity index is 2.56. The first kappa shape index (κ1) is 9.24. The molecule has 0 aliphatic carbocycles. The summed E-state index contributed by atoms with van der Waals surface area (Å²) in [6.07, 6.45) is 1.46. The zero-order chi connectivity index (χ0) is 9.84. The number of carbonyl (C=O) groups excluding carboxylic acids is 1. The standard InChI is InChI=1S/C7H9N3O3/c1-4(7(12)13)6(11)9-5-2-3-8-10-5/h2-4H,1H3,(H,12,13)(H2,8,9,10,11). The molecule has 1 unspecified atom stereocenters. The molecule has 1 rings (SSSR count). The third-order valence-electron chi connectivity index (χ3n) is 1.52. The maximum atomic E-state index is 11.1. The van der Waals surface area contributed by atoms with Crippen molar-refractivity contribution in [2.24, 2.45) is 5.92 Å². The van der Waals surface area contributed by atoms with Crippen LogP contribution < -0.4 is 5.32 Å². The maximum Gasteiger partial charge on any atom is 0.315 e.